The van der Waals surface area contributed by atoms with Gasteiger partial charge in [-0.3, -0.25) is 0 Å². The molecule has 0 unspecified atom stereocenters. The SMILES string of the molecule is C=C(OC)c1scc(N(CC)C2CCC(N(C)C)CC2)c1C. The first-order valence-corrected chi connectivity index (χ1v) is 9.11. The summed E-state index contributed by atoms with van der Waals surface area (Å²) in [5, 5.41) is 2.27. The predicted molar refractivity (Wildman–Crippen MR) is 97.9 cm³/mol. The Balaban J connectivity index is 2.13. The lowest BCUT2D eigenvalue weighted by Crippen LogP contribution is -2.42. The van der Waals surface area contributed by atoms with Gasteiger partial charge in [0.05, 0.1) is 17.7 Å². The van der Waals surface area contributed by atoms with Crippen molar-refractivity contribution in [2.45, 2.75) is 51.6 Å². The molecule has 1 aromatic rings. The van der Waals surface area contributed by atoms with Crippen LogP contribution < -0.4 is 4.90 Å². The minimum Gasteiger partial charge on any atom is -0.496 e. The van der Waals surface area contributed by atoms with Crippen LogP contribution in [-0.4, -0.2) is 44.7 Å². The Labute approximate surface area is 139 Å². The Hall–Kier alpha value is -1.00. The van der Waals surface area contributed by atoms with E-state index in [9.17, 15) is 0 Å². The zero-order chi connectivity index (χ0) is 16.3. The second-order valence-corrected chi connectivity index (χ2v) is 7.29. The second-order valence-electron chi connectivity index (χ2n) is 6.41. The summed E-state index contributed by atoms with van der Waals surface area (Å²) >= 11 is 1.75. The molecule has 124 valence electrons. The largest absolute Gasteiger partial charge is 0.496 e. The highest BCUT2D eigenvalue weighted by Crippen LogP contribution is 2.37. The maximum absolute atomic E-state index is 5.32. The highest BCUT2D eigenvalue weighted by atomic mass is 32.1. The first-order chi connectivity index (χ1) is 10.5. The molecule has 1 heterocycles. The van der Waals surface area contributed by atoms with E-state index in [1.54, 1.807) is 18.4 Å². The van der Waals surface area contributed by atoms with Crippen LogP contribution in [0.25, 0.3) is 5.76 Å². The fraction of sp³-hybridized carbons (Fsp3) is 0.667. The Morgan fingerprint density at radius 3 is 2.36 bits per heavy atom. The van der Waals surface area contributed by atoms with Crippen LogP contribution in [0.1, 0.15) is 43.0 Å². The van der Waals surface area contributed by atoms with Crippen LogP contribution in [0.15, 0.2) is 12.0 Å². The van der Waals surface area contributed by atoms with Crippen molar-refractivity contribution in [3.8, 4) is 0 Å². The summed E-state index contributed by atoms with van der Waals surface area (Å²) in [7, 11) is 6.10. The van der Waals surface area contributed by atoms with Gasteiger partial charge in [-0.1, -0.05) is 6.58 Å². The number of hydrogen-bond donors (Lipinski definition) is 0. The third-order valence-corrected chi connectivity index (χ3v) is 6.11. The van der Waals surface area contributed by atoms with Crippen molar-refractivity contribution in [3.05, 3.63) is 22.4 Å². The molecule has 4 heteroatoms. The van der Waals surface area contributed by atoms with Crippen LogP contribution in [0.4, 0.5) is 5.69 Å². The molecule has 2 rings (SSSR count). The molecule has 1 aliphatic carbocycles. The lowest BCUT2D eigenvalue weighted by Gasteiger charge is -2.39. The minimum atomic E-state index is 0.665. The van der Waals surface area contributed by atoms with Crippen LogP contribution >= 0.6 is 11.3 Å². The number of nitrogens with zero attached hydrogens (tertiary/aromatic N) is 2. The van der Waals surface area contributed by atoms with E-state index in [2.05, 4.69) is 49.7 Å². The smallest absolute Gasteiger partial charge is 0.129 e. The molecule has 0 aliphatic heterocycles. The molecule has 0 saturated heterocycles. The van der Waals surface area contributed by atoms with Crippen molar-refractivity contribution in [1.29, 1.82) is 0 Å². The van der Waals surface area contributed by atoms with Crippen molar-refractivity contribution in [2.75, 3.05) is 32.6 Å². The third kappa shape index (κ3) is 3.49. The summed E-state index contributed by atoms with van der Waals surface area (Å²) in [5.74, 6) is 0.779. The molecule has 0 amide bonds. The van der Waals surface area contributed by atoms with Crippen LogP contribution in [0.3, 0.4) is 0 Å². The fourth-order valence-corrected chi connectivity index (χ4v) is 4.61. The van der Waals surface area contributed by atoms with Crippen LogP contribution in [0.2, 0.25) is 0 Å². The molecule has 1 aliphatic rings. The number of anilines is 1. The Kier molecular flexibility index (Phi) is 5.93. The lowest BCUT2D eigenvalue weighted by atomic mass is 9.89. The summed E-state index contributed by atoms with van der Waals surface area (Å²) in [6.07, 6.45) is 5.17. The Morgan fingerprint density at radius 2 is 1.86 bits per heavy atom. The number of methoxy groups -OCH3 is 1. The van der Waals surface area contributed by atoms with Gasteiger partial charge in [0.2, 0.25) is 0 Å². The maximum Gasteiger partial charge on any atom is 0.129 e. The first-order valence-electron chi connectivity index (χ1n) is 8.24. The molecular formula is C18H30N2OS. The van der Waals surface area contributed by atoms with E-state index >= 15 is 0 Å². The molecular weight excluding hydrogens is 292 g/mol. The monoisotopic (exact) mass is 322 g/mol. The summed E-state index contributed by atoms with van der Waals surface area (Å²) in [4.78, 5) is 6.14. The summed E-state index contributed by atoms with van der Waals surface area (Å²) < 4.78 is 5.32. The molecule has 22 heavy (non-hydrogen) atoms. The van der Waals surface area contributed by atoms with E-state index in [1.165, 1.54) is 41.8 Å². The normalized spacial score (nSPS) is 21.9. The Bertz CT molecular complexity index is 501. The number of ether oxygens (including phenoxy) is 1. The second kappa shape index (κ2) is 7.51. The summed E-state index contributed by atoms with van der Waals surface area (Å²) in [5.41, 5.74) is 2.68. The van der Waals surface area contributed by atoms with E-state index in [-0.39, 0.29) is 0 Å². The molecule has 1 saturated carbocycles. The van der Waals surface area contributed by atoms with Gasteiger partial charge in [-0.15, -0.1) is 11.3 Å². The van der Waals surface area contributed by atoms with E-state index in [0.717, 1.165) is 18.3 Å². The quantitative estimate of drug-likeness (QED) is 0.723. The van der Waals surface area contributed by atoms with Gasteiger partial charge in [-0.05, 0) is 59.2 Å². The van der Waals surface area contributed by atoms with Crippen molar-refractivity contribution >= 4 is 22.8 Å². The van der Waals surface area contributed by atoms with Gasteiger partial charge in [-0.25, -0.2) is 0 Å². The molecule has 1 fully saturated rings. The zero-order valence-corrected chi connectivity index (χ0v) is 15.5. The van der Waals surface area contributed by atoms with Crippen molar-refractivity contribution in [2.24, 2.45) is 0 Å². The standard InChI is InChI=1S/C18H30N2OS/c1-7-20(16-10-8-15(9-11-16)19(4)5)17-12-22-18(13(17)2)14(3)21-6/h12,15-16H,3,7-11H2,1-2,4-6H3. The Morgan fingerprint density at radius 1 is 1.27 bits per heavy atom. The van der Waals surface area contributed by atoms with E-state index < -0.39 is 0 Å². The summed E-state index contributed by atoms with van der Waals surface area (Å²) in [6, 6.07) is 1.42. The molecule has 0 N–H and O–H groups in total. The molecule has 0 atom stereocenters. The molecule has 1 aromatic heterocycles. The van der Waals surface area contributed by atoms with Gasteiger partial charge in [-0.2, -0.15) is 0 Å². The number of thiophene rings is 1. The van der Waals surface area contributed by atoms with Crippen molar-refractivity contribution < 1.29 is 4.74 Å². The lowest BCUT2D eigenvalue weighted by molar-refractivity contribution is 0.214. The van der Waals surface area contributed by atoms with Gasteiger partial charge >= 0.3 is 0 Å². The van der Waals surface area contributed by atoms with Gasteiger partial charge in [0.15, 0.2) is 0 Å². The summed E-state index contributed by atoms with van der Waals surface area (Å²) in [6.45, 7) is 9.53. The molecule has 3 nitrogen and oxygen atoms in total. The predicted octanol–water partition coefficient (Wildman–Crippen LogP) is 4.37. The average Bonchev–Trinajstić information content (AvgIpc) is 2.90. The molecule has 0 bridgehead atoms. The minimum absolute atomic E-state index is 0.665. The highest BCUT2D eigenvalue weighted by Gasteiger charge is 2.28. The average molecular weight is 323 g/mol. The van der Waals surface area contributed by atoms with Gasteiger partial charge < -0.3 is 14.5 Å². The van der Waals surface area contributed by atoms with E-state index in [1.807, 2.05) is 0 Å². The first kappa shape index (κ1) is 17.4. The van der Waals surface area contributed by atoms with Crippen LogP contribution in [-0.2, 0) is 4.74 Å². The molecule has 0 aromatic carbocycles. The van der Waals surface area contributed by atoms with Crippen molar-refractivity contribution in [3.63, 3.8) is 0 Å². The number of hydrogen-bond acceptors (Lipinski definition) is 4. The molecule has 0 spiro atoms. The van der Waals surface area contributed by atoms with Gasteiger partial charge in [0, 0.05) is 24.0 Å². The third-order valence-electron chi connectivity index (χ3n) is 5.00. The van der Waals surface area contributed by atoms with Crippen molar-refractivity contribution in [1.82, 2.24) is 4.90 Å². The van der Waals surface area contributed by atoms with Crippen LogP contribution in [0, 0.1) is 6.92 Å². The zero-order valence-electron chi connectivity index (χ0n) is 14.7. The van der Waals surface area contributed by atoms with Crippen LogP contribution in [0.5, 0.6) is 0 Å². The fourth-order valence-electron chi connectivity index (χ4n) is 3.57. The van der Waals surface area contributed by atoms with Gasteiger partial charge in [0.1, 0.15) is 5.76 Å². The van der Waals surface area contributed by atoms with E-state index in [4.69, 9.17) is 4.74 Å². The maximum atomic E-state index is 5.32. The van der Waals surface area contributed by atoms with E-state index in [0.29, 0.717) is 6.04 Å². The topological polar surface area (TPSA) is 15.7 Å². The highest BCUT2D eigenvalue weighted by molar-refractivity contribution is 7.11. The number of rotatable bonds is 6. The molecule has 0 radical (unpaired) electrons. The van der Waals surface area contributed by atoms with Gasteiger partial charge in [0.25, 0.3) is 0 Å².